The average Bonchev–Trinajstić information content (AvgIpc) is 1.87. The monoisotopic (exact) mass is 144 g/mol. The lowest BCUT2D eigenvalue weighted by molar-refractivity contribution is -0.145. The highest BCUT2D eigenvalue weighted by atomic mass is 16.5. The van der Waals surface area contributed by atoms with Crippen LogP contribution in [0.25, 0.3) is 0 Å². The van der Waals surface area contributed by atoms with Crippen molar-refractivity contribution in [1.29, 1.82) is 5.41 Å². The Balaban J connectivity index is 3.82. The zero-order valence-electron chi connectivity index (χ0n) is 6.18. The SMILES string of the molecule is CCOC(=O)[C@H](C)C(=N)N. The third-order valence-corrected chi connectivity index (χ3v) is 1.11. The fourth-order valence-electron chi connectivity index (χ4n) is 0.394. The van der Waals surface area contributed by atoms with Crippen LogP contribution in [0, 0.1) is 11.3 Å². The minimum absolute atomic E-state index is 0.154. The highest BCUT2D eigenvalue weighted by Gasteiger charge is 2.15. The van der Waals surface area contributed by atoms with Crippen molar-refractivity contribution in [3.8, 4) is 0 Å². The van der Waals surface area contributed by atoms with E-state index in [1.54, 1.807) is 13.8 Å². The zero-order valence-corrected chi connectivity index (χ0v) is 6.18. The number of hydrogen-bond acceptors (Lipinski definition) is 3. The molecule has 0 saturated carbocycles. The van der Waals surface area contributed by atoms with Crippen molar-refractivity contribution in [2.75, 3.05) is 6.61 Å². The Morgan fingerprint density at radius 3 is 2.60 bits per heavy atom. The Hall–Kier alpha value is -1.06. The third-order valence-electron chi connectivity index (χ3n) is 1.11. The van der Waals surface area contributed by atoms with Crippen LogP contribution in [0.4, 0.5) is 0 Å². The standard InChI is InChI=1S/C6H12N2O2/c1-3-10-6(9)4(2)5(7)8/h4H,3H2,1-2H3,(H3,7,8)/t4-/m1/s1. The maximum Gasteiger partial charge on any atom is 0.316 e. The zero-order chi connectivity index (χ0) is 8.15. The second-order valence-electron chi connectivity index (χ2n) is 1.93. The van der Waals surface area contributed by atoms with Gasteiger partial charge in [-0.1, -0.05) is 0 Å². The van der Waals surface area contributed by atoms with Gasteiger partial charge in [-0.2, -0.15) is 0 Å². The van der Waals surface area contributed by atoms with Crippen LogP contribution in [0.1, 0.15) is 13.8 Å². The number of rotatable bonds is 3. The summed E-state index contributed by atoms with van der Waals surface area (Å²) < 4.78 is 4.61. The van der Waals surface area contributed by atoms with Crippen molar-refractivity contribution < 1.29 is 9.53 Å². The topological polar surface area (TPSA) is 76.2 Å². The van der Waals surface area contributed by atoms with Crippen molar-refractivity contribution in [3.63, 3.8) is 0 Å². The van der Waals surface area contributed by atoms with E-state index >= 15 is 0 Å². The number of hydrogen-bond donors (Lipinski definition) is 2. The summed E-state index contributed by atoms with van der Waals surface area (Å²) in [4.78, 5) is 10.7. The summed E-state index contributed by atoms with van der Waals surface area (Å²) in [6, 6.07) is 0. The third kappa shape index (κ3) is 2.48. The quantitative estimate of drug-likeness (QED) is 0.335. The summed E-state index contributed by atoms with van der Waals surface area (Å²) in [7, 11) is 0. The van der Waals surface area contributed by atoms with Gasteiger partial charge in [-0.3, -0.25) is 10.2 Å². The molecule has 0 aromatic rings. The number of carbonyl (C=O) groups excluding carboxylic acids is 1. The number of amidine groups is 1. The first-order valence-corrected chi connectivity index (χ1v) is 3.10. The summed E-state index contributed by atoms with van der Waals surface area (Å²) in [6.07, 6.45) is 0. The number of ether oxygens (including phenoxy) is 1. The molecule has 0 heterocycles. The van der Waals surface area contributed by atoms with E-state index in [1.807, 2.05) is 0 Å². The Morgan fingerprint density at radius 2 is 2.30 bits per heavy atom. The minimum atomic E-state index is -0.611. The molecule has 0 radical (unpaired) electrons. The predicted molar refractivity (Wildman–Crippen MR) is 37.7 cm³/mol. The number of esters is 1. The van der Waals surface area contributed by atoms with Crippen LogP contribution in [-0.4, -0.2) is 18.4 Å². The summed E-state index contributed by atoms with van der Waals surface area (Å²) in [5, 5.41) is 6.89. The van der Waals surface area contributed by atoms with Gasteiger partial charge in [0.05, 0.1) is 6.61 Å². The Labute approximate surface area is 59.9 Å². The molecule has 0 fully saturated rings. The van der Waals surface area contributed by atoms with Gasteiger partial charge in [0.15, 0.2) is 0 Å². The molecule has 0 aromatic heterocycles. The summed E-state index contributed by atoms with van der Waals surface area (Å²) in [5.74, 6) is -1.20. The van der Waals surface area contributed by atoms with Crippen LogP contribution in [0.15, 0.2) is 0 Å². The van der Waals surface area contributed by atoms with Gasteiger partial charge in [0.2, 0.25) is 0 Å². The smallest absolute Gasteiger partial charge is 0.316 e. The Morgan fingerprint density at radius 1 is 1.80 bits per heavy atom. The van der Waals surface area contributed by atoms with Crippen LogP contribution in [-0.2, 0) is 9.53 Å². The summed E-state index contributed by atoms with van der Waals surface area (Å²) in [5.41, 5.74) is 5.05. The molecule has 0 spiro atoms. The van der Waals surface area contributed by atoms with Crippen molar-refractivity contribution in [3.05, 3.63) is 0 Å². The van der Waals surface area contributed by atoms with Crippen molar-refractivity contribution in [2.24, 2.45) is 11.7 Å². The first-order chi connectivity index (χ1) is 4.59. The molecule has 3 N–H and O–H groups in total. The lowest BCUT2D eigenvalue weighted by Gasteiger charge is -2.06. The normalized spacial score (nSPS) is 12.2. The number of nitrogens with one attached hydrogen (secondary N) is 1. The van der Waals surface area contributed by atoms with E-state index in [4.69, 9.17) is 11.1 Å². The van der Waals surface area contributed by atoms with Gasteiger partial charge < -0.3 is 10.5 Å². The van der Waals surface area contributed by atoms with Gasteiger partial charge >= 0.3 is 5.97 Å². The molecule has 0 saturated heterocycles. The second-order valence-corrected chi connectivity index (χ2v) is 1.93. The van der Waals surface area contributed by atoms with Crippen molar-refractivity contribution in [1.82, 2.24) is 0 Å². The molecule has 58 valence electrons. The predicted octanol–water partition coefficient (Wildman–Crippen LogP) is 0.122. The van der Waals surface area contributed by atoms with E-state index in [0.29, 0.717) is 6.61 Å². The molecular weight excluding hydrogens is 132 g/mol. The van der Waals surface area contributed by atoms with E-state index in [1.165, 1.54) is 0 Å². The molecule has 4 heteroatoms. The van der Waals surface area contributed by atoms with E-state index in [-0.39, 0.29) is 5.84 Å². The fraction of sp³-hybridized carbons (Fsp3) is 0.667. The van der Waals surface area contributed by atoms with Gasteiger partial charge in [-0.05, 0) is 13.8 Å². The minimum Gasteiger partial charge on any atom is -0.465 e. The van der Waals surface area contributed by atoms with Gasteiger partial charge in [-0.15, -0.1) is 0 Å². The fourth-order valence-corrected chi connectivity index (χ4v) is 0.394. The van der Waals surface area contributed by atoms with Crippen LogP contribution < -0.4 is 5.73 Å². The summed E-state index contributed by atoms with van der Waals surface area (Å²) >= 11 is 0. The lowest BCUT2D eigenvalue weighted by atomic mass is 10.2. The van der Waals surface area contributed by atoms with Crippen LogP contribution in [0.2, 0.25) is 0 Å². The number of nitrogens with two attached hydrogens (primary N) is 1. The molecule has 4 nitrogen and oxygen atoms in total. The van der Waals surface area contributed by atoms with Gasteiger partial charge in [0.1, 0.15) is 11.8 Å². The molecule has 10 heavy (non-hydrogen) atoms. The number of carbonyl (C=O) groups is 1. The highest BCUT2D eigenvalue weighted by Crippen LogP contribution is 1.96. The maximum atomic E-state index is 10.7. The molecule has 0 aliphatic rings. The van der Waals surface area contributed by atoms with Gasteiger partial charge in [0, 0.05) is 0 Å². The van der Waals surface area contributed by atoms with Crippen LogP contribution in [0.3, 0.4) is 0 Å². The molecular formula is C6H12N2O2. The van der Waals surface area contributed by atoms with E-state index in [2.05, 4.69) is 4.74 Å². The molecule has 0 amide bonds. The van der Waals surface area contributed by atoms with E-state index in [0.717, 1.165) is 0 Å². The Kier molecular flexibility index (Phi) is 3.46. The molecule has 0 aliphatic heterocycles. The molecule has 0 rings (SSSR count). The van der Waals surface area contributed by atoms with Gasteiger partial charge in [0.25, 0.3) is 0 Å². The molecule has 1 atom stereocenters. The average molecular weight is 144 g/mol. The highest BCUT2D eigenvalue weighted by molar-refractivity contribution is 5.97. The molecule has 0 aromatic carbocycles. The van der Waals surface area contributed by atoms with Gasteiger partial charge in [-0.25, -0.2) is 0 Å². The second kappa shape index (κ2) is 3.87. The molecule has 0 bridgehead atoms. The first-order valence-electron chi connectivity index (χ1n) is 3.10. The maximum absolute atomic E-state index is 10.7. The summed E-state index contributed by atoms with van der Waals surface area (Å²) in [6.45, 7) is 3.58. The van der Waals surface area contributed by atoms with E-state index < -0.39 is 11.9 Å². The van der Waals surface area contributed by atoms with Crippen LogP contribution in [0.5, 0.6) is 0 Å². The first kappa shape index (κ1) is 8.94. The van der Waals surface area contributed by atoms with Crippen molar-refractivity contribution >= 4 is 11.8 Å². The van der Waals surface area contributed by atoms with Crippen molar-refractivity contribution in [2.45, 2.75) is 13.8 Å². The lowest BCUT2D eigenvalue weighted by Crippen LogP contribution is -2.28. The van der Waals surface area contributed by atoms with Crippen LogP contribution >= 0.6 is 0 Å². The molecule has 0 unspecified atom stereocenters. The largest absolute Gasteiger partial charge is 0.465 e. The Bertz CT molecular complexity index is 145. The molecule has 0 aliphatic carbocycles. The van der Waals surface area contributed by atoms with E-state index in [9.17, 15) is 4.79 Å².